The molecule has 0 aliphatic rings. The van der Waals surface area contributed by atoms with Crippen molar-refractivity contribution >= 4 is 29.6 Å². The maximum atomic E-state index is 13.5. The van der Waals surface area contributed by atoms with E-state index in [4.69, 9.17) is 10.5 Å². The minimum absolute atomic E-state index is 0.0790. The molecule has 0 bridgehead atoms. The van der Waals surface area contributed by atoms with Crippen LogP contribution >= 0.6 is 11.8 Å². The molecule has 8 nitrogen and oxygen atoms in total. The second kappa shape index (κ2) is 10.4. The van der Waals surface area contributed by atoms with Crippen molar-refractivity contribution in [1.29, 1.82) is 0 Å². The van der Waals surface area contributed by atoms with Crippen LogP contribution in [0.5, 0.6) is 5.75 Å². The molecule has 4 amide bonds. The number of amides is 4. The Morgan fingerprint density at radius 3 is 2.48 bits per heavy atom. The van der Waals surface area contributed by atoms with Gasteiger partial charge in [-0.15, -0.1) is 0 Å². The number of hydrazine groups is 1. The van der Waals surface area contributed by atoms with Gasteiger partial charge in [0.2, 0.25) is 0 Å². The number of carbonyl (C=O) groups is 3. The van der Waals surface area contributed by atoms with Gasteiger partial charge < -0.3 is 15.8 Å². The summed E-state index contributed by atoms with van der Waals surface area (Å²) in [7, 11) is 0. The topological polar surface area (TPSA) is 123 Å². The Morgan fingerprint density at radius 2 is 1.88 bits per heavy atom. The summed E-state index contributed by atoms with van der Waals surface area (Å²) in [5.74, 6) is -1.38. The van der Waals surface area contributed by atoms with Gasteiger partial charge in [-0.05, 0) is 37.5 Å². The van der Waals surface area contributed by atoms with Crippen LogP contribution < -0.4 is 26.6 Å². The number of rotatable bonds is 8. The highest BCUT2D eigenvalue weighted by Crippen LogP contribution is 2.16. The molecule has 5 N–H and O–H groups in total. The van der Waals surface area contributed by atoms with E-state index < -0.39 is 35.8 Å². The smallest absolute Gasteiger partial charge is 0.312 e. The molecule has 0 saturated heterocycles. The average Bonchev–Trinajstić information content (AvgIpc) is 2.57. The first-order valence-corrected chi connectivity index (χ1v) is 8.80. The van der Waals surface area contributed by atoms with Gasteiger partial charge in [0, 0.05) is 0 Å². The summed E-state index contributed by atoms with van der Waals surface area (Å²) in [4.78, 5) is 34.9. The van der Waals surface area contributed by atoms with E-state index in [0.29, 0.717) is 12.2 Å². The van der Waals surface area contributed by atoms with Crippen LogP contribution in [-0.4, -0.2) is 42.0 Å². The number of nitrogens with one attached hydrogen (secondary N) is 3. The van der Waals surface area contributed by atoms with Gasteiger partial charge in [0.15, 0.2) is 17.7 Å². The molecule has 25 heavy (non-hydrogen) atoms. The zero-order chi connectivity index (χ0) is 18.8. The van der Waals surface area contributed by atoms with Crippen molar-refractivity contribution < 1.29 is 23.5 Å². The summed E-state index contributed by atoms with van der Waals surface area (Å²) in [5.41, 5.74) is 9.38. The summed E-state index contributed by atoms with van der Waals surface area (Å²) < 4.78 is 18.7. The first kappa shape index (κ1) is 20.6. The van der Waals surface area contributed by atoms with E-state index in [1.807, 2.05) is 6.26 Å². The van der Waals surface area contributed by atoms with Gasteiger partial charge in [0.05, 0.1) is 0 Å². The van der Waals surface area contributed by atoms with E-state index in [-0.39, 0.29) is 5.75 Å². The quantitative estimate of drug-likeness (QED) is 0.496. The van der Waals surface area contributed by atoms with E-state index in [0.717, 1.165) is 0 Å². The molecule has 0 fully saturated rings. The minimum Gasteiger partial charge on any atom is -0.478 e. The van der Waals surface area contributed by atoms with Gasteiger partial charge in [-0.2, -0.15) is 11.8 Å². The van der Waals surface area contributed by atoms with Crippen molar-refractivity contribution in [2.45, 2.75) is 25.5 Å². The highest BCUT2D eigenvalue weighted by atomic mass is 32.2. The van der Waals surface area contributed by atoms with Crippen LogP contribution in [0.15, 0.2) is 24.3 Å². The second-order valence-corrected chi connectivity index (χ2v) is 6.00. The monoisotopic (exact) mass is 372 g/mol. The third-order valence-corrected chi connectivity index (χ3v) is 3.71. The molecule has 0 radical (unpaired) electrons. The fraction of sp³-hybridized carbons (Fsp3) is 0.400. The summed E-state index contributed by atoms with van der Waals surface area (Å²) >= 11 is 1.49. The molecule has 0 aromatic heterocycles. The Morgan fingerprint density at radius 1 is 1.24 bits per heavy atom. The standard InChI is InChI=1S/C15H21FN4O4S/c1-9(24-12-6-4-3-5-10(12)16)13(21)19-20-14(22)11(7-8-25-2)18-15(17)23/h3-6,9,11H,7-8H2,1-2H3,(H,19,21)(H,20,22)(H3,17,18,23)/t9-,11-/m1/s1. The zero-order valence-corrected chi connectivity index (χ0v) is 14.7. The Bertz CT molecular complexity index is 617. The normalized spacial score (nSPS) is 12.6. The van der Waals surface area contributed by atoms with E-state index >= 15 is 0 Å². The van der Waals surface area contributed by atoms with Crippen LogP contribution in [0.1, 0.15) is 13.3 Å². The van der Waals surface area contributed by atoms with Crippen LogP contribution in [0.2, 0.25) is 0 Å². The highest BCUT2D eigenvalue weighted by molar-refractivity contribution is 7.98. The van der Waals surface area contributed by atoms with Gasteiger partial charge in [-0.1, -0.05) is 12.1 Å². The molecule has 1 aromatic rings. The van der Waals surface area contributed by atoms with Crippen molar-refractivity contribution in [3.8, 4) is 5.75 Å². The predicted molar refractivity (Wildman–Crippen MR) is 92.3 cm³/mol. The molecule has 1 rings (SSSR count). The molecule has 0 spiro atoms. The number of hydrogen-bond donors (Lipinski definition) is 4. The number of ether oxygens (including phenoxy) is 1. The van der Waals surface area contributed by atoms with Gasteiger partial charge in [-0.25, -0.2) is 9.18 Å². The van der Waals surface area contributed by atoms with E-state index in [9.17, 15) is 18.8 Å². The lowest BCUT2D eigenvalue weighted by molar-refractivity contribution is -0.133. The lowest BCUT2D eigenvalue weighted by Gasteiger charge is -2.19. The van der Waals surface area contributed by atoms with Crippen LogP contribution in [0.4, 0.5) is 9.18 Å². The van der Waals surface area contributed by atoms with Crippen molar-refractivity contribution in [3.63, 3.8) is 0 Å². The Kier molecular flexibility index (Phi) is 8.54. The largest absolute Gasteiger partial charge is 0.478 e. The molecule has 0 saturated carbocycles. The molecule has 138 valence electrons. The van der Waals surface area contributed by atoms with Crippen molar-refractivity contribution in [2.75, 3.05) is 12.0 Å². The maximum absolute atomic E-state index is 13.5. The minimum atomic E-state index is -1.05. The molecule has 0 aliphatic carbocycles. The fourth-order valence-corrected chi connectivity index (χ4v) is 2.24. The molecule has 2 atom stereocenters. The number of urea groups is 1. The molecular formula is C15H21FN4O4S. The van der Waals surface area contributed by atoms with Crippen LogP contribution in [-0.2, 0) is 9.59 Å². The lowest BCUT2D eigenvalue weighted by Crippen LogP contribution is -2.55. The van der Waals surface area contributed by atoms with Crippen LogP contribution in [0.25, 0.3) is 0 Å². The Balaban J connectivity index is 2.53. The lowest BCUT2D eigenvalue weighted by atomic mass is 10.2. The van der Waals surface area contributed by atoms with Crippen molar-refractivity contribution in [2.24, 2.45) is 5.73 Å². The van der Waals surface area contributed by atoms with E-state index in [1.165, 1.54) is 36.9 Å². The number of hydrogen-bond acceptors (Lipinski definition) is 5. The third kappa shape index (κ3) is 7.29. The summed E-state index contributed by atoms with van der Waals surface area (Å²) in [6.07, 6.45) is 1.14. The highest BCUT2D eigenvalue weighted by Gasteiger charge is 2.22. The molecule has 0 aliphatic heterocycles. The number of nitrogens with two attached hydrogens (primary N) is 1. The first-order valence-electron chi connectivity index (χ1n) is 7.41. The van der Waals surface area contributed by atoms with E-state index in [1.54, 1.807) is 6.07 Å². The molecule has 1 aromatic carbocycles. The summed E-state index contributed by atoms with van der Waals surface area (Å²) in [6.45, 7) is 1.40. The number of primary amides is 1. The second-order valence-electron chi connectivity index (χ2n) is 5.01. The first-order chi connectivity index (χ1) is 11.8. The zero-order valence-electron chi connectivity index (χ0n) is 13.9. The van der Waals surface area contributed by atoms with Gasteiger partial charge >= 0.3 is 6.03 Å². The van der Waals surface area contributed by atoms with Crippen molar-refractivity contribution in [3.05, 3.63) is 30.1 Å². The number of benzene rings is 1. The van der Waals surface area contributed by atoms with Crippen LogP contribution in [0.3, 0.4) is 0 Å². The fourth-order valence-electron chi connectivity index (χ4n) is 1.77. The average molecular weight is 372 g/mol. The summed E-state index contributed by atoms with van der Waals surface area (Å²) in [6, 6.07) is 3.92. The molecule has 0 unspecified atom stereocenters. The number of halogens is 1. The molecule has 0 heterocycles. The molecule has 10 heteroatoms. The molecular weight excluding hydrogens is 351 g/mol. The Hall–Kier alpha value is -2.49. The van der Waals surface area contributed by atoms with Gasteiger partial charge in [0.1, 0.15) is 6.04 Å². The summed E-state index contributed by atoms with van der Waals surface area (Å²) in [5, 5.41) is 2.30. The van der Waals surface area contributed by atoms with Crippen LogP contribution in [0, 0.1) is 5.82 Å². The number of thioether (sulfide) groups is 1. The number of para-hydroxylation sites is 1. The van der Waals surface area contributed by atoms with Gasteiger partial charge in [-0.3, -0.25) is 20.4 Å². The van der Waals surface area contributed by atoms with Crippen molar-refractivity contribution in [1.82, 2.24) is 16.2 Å². The number of carbonyl (C=O) groups excluding carboxylic acids is 3. The van der Waals surface area contributed by atoms with Gasteiger partial charge in [0.25, 0.3) is 11.8 Å². The Labute approximate surface area is 149 Å². The predicted octanol–water partition coefficient (Wildman–Crippen LogP) is 0.530. The van der Waals surface area contributed by atoms with E-state index in [2.05, 4.69) is 16.2 Å². The maximum Gasteiger partial charge on any atom is 0.312 e. The SMILES string of the molecule is CSCC[C@@H](NC(N)=O)C(=O)NNC(=O)[C@@H](C)Oc1ccccc1F. The third-order valence-electron chi connectivity index (χ3n) is 3.06.